The molecule has 0 fully saturated rings. The predicted molar refractivity (Wildman–Crippen MR) is 114 cm³/mol. The summed E-state index contributed by atoms with van der Waals surface area (Å²) >= 11 is 0. The molecule has 0 saturated heterocycles. The number of para-hydroxylation sites is 1. The number of nitrogens with one attached hydrogen (secondary N) is 1. The first-order valence-corrected chi connectivity index (χ1v) is 9.67. The molecule has 4 aromatic rings. The van der Waals surface area contributed by atoms with Gasteiger partial charge in [0.25, 0.3) is 5.91 Å². The minimum absolute atomic E-state index is 0.163. The number of carbonyl (C=O) groups excluding carboxylic acids is 1. The van der Waals surface area contributed by atoms with Gasteiger partial charge in [-0.3, -0.25) is 4.79 Å². The van der Waals surface area contributed by atoms with Crippen LogP contribution in [0.25, 0.3) is 22.9 Å². The van der Waals surface area contributed by atoms with E-state index in [1.807, 2.05) is 61.5 Å². The highest BCUT2D eigenvalue weighted by Crippen LogP contribution is 2.26. The van der Waals surface area contributed by atoms with Gasteiger partial charge < -0.3 is 14.5 Å². The van der Waals surface area contributed by atoms with Gasteiger partial charge in [0.05, 0.1) is 6.54 Å². The van der Waals surface area contributed by atoms with Gasteiger partial charge in [0.15, 0.2) is 0 Å². The minimum Gasteiger partial charge on any atom is -0.492 e. The van der Waals surface area contributed by atoms with E-state index < -0.39 is 0 Å². The fourth-order valence-corrected chi connectivity index (χ4v) is 2.98. The molecule has 0 aliphatic rings. The number of rotatable bonds is 7. The average Bonchev–Trinajstić information content (AvgIpc) is 3.28. The summed E-state index contributed by atoms with van der Waals surface area (Å²) in [5.41, 5.74) is 3.28. The zero-order valence-corrected chi connectivity index (χ0v) is 16.5. The van der Waals surface area contributed by atoms with E-state index in [-0.39, 0.29) is 5.91 Å². The molecule has 0 aliphatic heterocycles. The van der Waals surface area contributed by atoms with Crippen LogP contribution in [0.15, 0.2) is 83.3 Å². The molecule has 150 valence electrons. The van der Waals surface area contributed by atoms with Crippen molar-refractivity contribution in [2.24, 2.45) is 0 Å². The maximum atomic E-state index is 12.3. The number of amides is 1. The first kappa shape index (κ1) is 19.4. The second-order valence-corrected chi connectivity index (χ2v) is 6.72. The Hall–Kier alpha value is -3.93. The molecule has 0 unspecified atom stereocenters. The van der Waals surface area contributed by atoms with Crippen molar-refractivity contribution in [2.75, 3.05) is 13.2 Å². The van der Waals surface area contributed by atoms with Crippen molar-refractivity contribution in [3.8, 4) is 28.7 Å². The van der Waals surface area contributed by atoms with Gasteiger partial charge in [0.1, 0.15) is 12.4 Å². The highest BCUT2D eigenvalue weighted by Gasteiger charge is 2.13. The molecule has 0 bridgehead atoms. The normalized spacial score (nSPS) is 10.6. The highest BCUT2D eigenvalue weighted by molar-refractivity contribution is 5.94. The van der Waals surface area contributed by atoms with E-state index >= 15 is 0 Å². The fraction of sp³-hybridized carbons (Fsp3) is 0.125. The van der Waals surface area contributed by atoms with Crippen LogP contribution in [0, 0.1) is 6.92 Å². The molecule has 0 aliphatic carbocycles. The number of hydrogen-bond donors (Lipinski definition) is 1. The summed E-state index contributed by atoms with van der Waals surface area (Å²) in [4.78, 5) is 12.3. The number of nitrogens with zero attached hydrogens (tertiary/aromatic N) is 2. The topological polar surface area (TPSA) is 77.2 Å². The van der Waals surface area contributed by atoms with E-state index in [4.69, 9.17) is 9.15 Å². The first-order valence-electron chi connectivity index (χ1n) is 9.67. The molecule has 6 heteroatoms. The molecule has 1 N–H and O–H groups in total. The van der Waals surface area contributed by atoms with E-state index in [0.717, 1.165) is 22.4 Å². The van der Waals surface area contributed by atoms with Crippen molar-refractivity contribution in [1.29, 1.82) is 0 Å². The zero-order valence-electron chi connectivity index (χ0n) is 16.5. The van der Waals surface area contributed by atoms with Crippen LogP contribution < -0.4 is 10.1 Å². The van der Waals surface area contributed by atoms with E-state index in [9.17, 15) is 4.79 Å². The quantitative estimate of drug-likeness (QED) is 0.462. The maximum Gasteiger partial charge on any atom is 0.251 e. The number of hydrogen-bond acceptors (Lipinski definition) is 5. The number of ether oxygens (including phenoxy) is 1. The van der Waals surface area contributed by atoms with Crippen LogP contribution in [-0.4, -0.2) is 29.3 Å². The third-order valence-corrected chi connectivity index (χ3v) is 4.59. The average molecular weight is 399 g/mol. The molecule has 3 aromatic carbocycles. The molecule has 4 rings (SSSR count). The van der Waals surface area contributed by atoms with Gasteiger partial charge >= 0.3 is 0 Å². The molecule has 1 aromatic heterocycles. The molecule has 1 amide bonds. The van der Waals surface area contributed by atoms with Crippen LogP contribution in [0.2, 0.25) is 0 Å². The van der Waals surface area contributed by atoms with Crippen molar-refractivity contribution in [1.82, 2.24) is 15.5 Å². The Bertz CT molecular complexity index is 1120. The van der Waals surface area contributed by atoms with Crippen LogP contribution in [-0.2, 0) is 0 Å². The minimum atomic E-state index is -0.163. The van der Waals surface area contributed by atoms with Crippen LogP contribution in [0.4, 0.5) is 0 Å². The van der Waals surface area contributed by atoms with Gasteiger partial charge in [0, 0.05) is 16.7 Å². The standard InChI is InChI=1S/C24H21N3O3/c1-17-7-5-6-10-21(17)24-27-26-23(30-24)19-13-11-18(12-14-19)22(28)25-15-16-29-20-8-3-2-4-9-20/h2-14H,15-16H2,1H3,(H,25,28). The van der Waals surface area contributed by atoms with Crippen molar-refractivity contribution < 1.29 is 13.9 Å². The van der Waals surface area contributed by atoms with E-state index in [0.29, 0.717) is 30.5 Å². The summed E-state index contributed by atoms with van der Waals surface area (Å²) in [7, 11) is 0. The van der Waals surface area contributed by atoms with Gasteiger partial charge in [-0.2, -0.15) is 0 Å². The maximum absolute atomic E-state index is 12.3. The largest absolute Gasteiger partial charge is 0.492 e. The van der Waals surface area contributed by atoms with Gasteiger partial charge in [-0.05, 0) is 55.0 Å². The molecule has 0 radical (unpaired) electrons. The number of benzene rings is 3. The Labute approximate surface area is 174 Å². The lowest BCUT2D eigenvalue weighted by atomic mass is 10.1. The van der Waals surface area contributed by atoms with E-state index in [1.54, 1.807) is 24.3 Å². The van der Waals surface area contributed by atoms with Gasteiger partial charge in [-0.15, -0.1) is 10.2 Å². The summed E-state index contributed by atoms with van der Waals surface area (Å²) in [5, 5.41) is 11.1. The molecule has 0 saturated carbocycles. The molecule has 1 heterocycles. The molecule has 30 heavy (non-hydrogen) atoms. The van der Waals surface area contributed by atoms with E-state index in [1.165, 1.54) is 0 Å². The SMILES string of the molecule is Cc1ccccc1-c1nnc(-c2ccc(C(=O)NCCOc3ccccc3)cc2)o1. The third kappa shape index (κ3) is 4.55. The summed E-state index contributed by atoms with van der Waals surface area (Å²) in [6.45, 7) is 2.81. The molecule has 6 nitrogen and oxygen atoms in total. The van der Waals surface area contributed by atoms with Crippen LogP contribution in [0.5, 0.6) is 5.75 Å². The lowest BCUT2D eigenvalue weighted by Crippen LogP contribution is -2.28. The second kappa shape index (κ2) is 9.05. The van der Waals surface area contributed by atoms with Crippen molar-refractivity contribution in [3.63, 3.8) is 0 Å². The van der Waals surface area contributed by atoms with Crippen LogP contribution in [0.3, 0.4) is 0 Å². The lowest BCUT2D eigenvalue weighted by molar-refractivity contribution is 0.0947. The molecule has 0 atom stereocenters. The predicted octanol–water partition coefficient (Wildman–Crippen LogP) is 4.52. The summed E-state index contributed by atoms with van der Waals surface area (Å²) in [6, 6.07) is 24.4. The third-order valence-electron chi connectivity index (χ3n) is 4.59. The van der Waals surface area contributed by atoms with Gasteiger partial charge in [0.2, 0.25) is 11.8 Å². The monoisotopic (exact) mass is 399 g/mol. The van der Waals surface area contributed by atoms with Gasteiger partial charge in [-0.1, -0.05) is 36.4 Å². The smallest absolute Gasteiger partial charge is 0.251 e. The molecule has 0 spiro atoms. The number of carbonyl (C=O) groups is 1. The van der Waals surface area contributed by atoms with E-state index in [2.05, 4.69) is 15.5 Å². The van der Waals surface area contributed by atoms with Crippen molar-refractivity contribution >= 4 is 5.91 Å². The lowest BCUT2D eigenvalue weighted by Gasteiger charge is -2.08. The Morgan fingerprint density at radius 3 is 2.37 bits per heavy atom. The van der Waals surface area contributed by atoms with Crippen molar-refractivity contribution in [3.05, 3.63) is 90.0 Å². The Morgan fingerprint density at radius 2 is 1.60 bits per heavy atom. The molecular weight excluding hydrogens is 378 g/mol. The Kier molecular flexibility index (Phi) is 5.85. The molecular formula is C24H21N3O3. The van der Waals surface area contributed by atoms with Crippen LogP contribution >= 0.6 is 0 Å². The summed E-state index contributed by atoms with van der Waals surface area (Å²) in [5.74, 6) is 1.50. The van der Waals surface area contributed by atoms with Crippen molar-refractivity contribution in [2.45, 2.75) is 6.92 Å². The first-order chi connectivity index (χ1) is 14.7. The zero-order chi connectivity index (χ0) is 20.8. The van der Waals surface area contributed by atoms with Gasteiger partial charge in [-0.25, -0.2) is 0 Å². The summed E-state index contributed by atoms with van der Waals surface area (Å²) < 4.78 is 11.4. The fourth-order valence-electron chi connectivity index (χ4n) is 2.98. The highest BCUT2D eigenvalue weighted by atomic mass is 16.5. The number of aryl methyl sites for hydroxylation is 1. The number of aromatic nitrogens is 2. The summed E-state index contributed by atoms with van der Waals surface area (Å²) in [6.07, 6.45) is 0. The van der Waals surface area contributed by atoms with Crippen LogP contribution in [0.1, 0.15) is 15.9 Å². The Morgan fingerprint density at radius 1 is 0.900 bits per heavy atom. The second-order valence-electron chi connectivity index (χ2n) is 6.72. The Balaban J connectivity index is 1.35.